The van der Waals surface area contributed by atoms with Gasteiger partial charge in [-0.2, -0.15) is 0 Å². The number of amides is 1. The van der Waals surface area contributed by atoms with E-state index in [-0.39, 0.29) is 12.1 Å². The van der Waals surface area contributed by atoms with E-state index >= 15 is 0 Å². The van der Waals surface area contributed by atoms with Crippen molar-refractivity contribution in [1.29, 1.82) is 0 Å². The second-order valence-corrected chi connectivity index (χ2v) is 5.13. The molecule has 0 aromatic heterocycles. The zero-order valence-electron chi connectivity index (χ0n) is 11.9. The average Bonchev–Trinajstić information content (AvgIpc) is 2.55. The highest BCUT2D eigenvalue weighted by molar-refractivity contribution is 5.93. The minimum absolute atomic E-state index is 0.00324. The first-order chi connectivity index (χ1) is 11.0. The van der Waals surface area contributed by atoms with Gasteiger partial charge in [-0.25, -0.2) is 13.2 Å². The molecule has 116 valence electrons. The van der Waals surface area contributed by atoms with Crippen LogP contribution in [0.4, 0.5) is 18.9 Å². The molecule has 5 heteroatoms. The van der Waals surface area contributed by atoms with E-state index in [2.05, 4.69) is 5.32 Å². The summed E-state index contributed by atoms with van der Waals surface area (Å²) in [6.07, 6.45) is 0.00324. The Kier molecular flexibility index (Phi) is 4.02. The van der Waals surface area contributed by atoms with Gasteiger partial charge >= 0.3 is 0 Å². The first-order valence-corrected chi connectivity index (χ1v) is 6.95. The molecule has 0 aliphatic carbocycles. The molecule has 0 aliphatic rings. The third-order valence-electron chi connectivity index (χ3n) is 3.49. The third-order valence-corrected chi connectivity index (χ3v) is 3.49. The molecule has 0 saturated heterocycles. The lowest BCUT2D eigenvalue weighted by Crippen LogP contribution is -2.16. The van der Waals surface area contributed by atoms with Crippen LogP contribution in [0.5, 0.6) is 0 Å². The van der Waals surface area contributed by atoms with Crippen LogP contribution in [0.3, 0.4) is 0 Å². The van der Waals surface area contributed by atoms with E-state index in [1.807, 2.05) is 36.4 Å². The first kappa shape index (κ1) is 15.1. The second kappa shape index (κ2) is 6.12. The maximum Gasteiger partial charge on any atom is 0.228 e. The molecule has 0 radical (unpaired) electrons. The van der Waals surface area contributed by atoms with Crippen molar-refractivity contribution in [3.05, 3.63) is 77.6 Å². The number of fused-ring (bicyclic) bond motifs is 1. The van der Waals surface area contributed by atoms with Gasteiger partial charge in [0.05, 0.1) is 12.1 Å². The third kappa shape index (κ3) is 3.18. The highest BCUT2D eigenvalue weighted by atomic mass is 19.2. The van der Waals surface area contributed by atoms with E-state index in [4.69, 9.17) is 0 Å². The molecule has 0 heterocycles. The molecular formula is C18H12F3NO. The molecule has 2 nitrogen and oxygen atoms in total. The molecule has 3 aromatic rings. The molecule has 0 unspecified atom stereocenters. The number of halogens is 3. The van der Waals surface area contributed by atoms with Crippen LogP contribution < -0.4 is 5.32 Å². The lowest BCUT2D eigenvalue weighted by atomic mass is 10.0. The largest absolute Gasteiger partial charge is 0.323 e. The number of nitrogens with one attached hydrogen (secondary N) is 1. The Hall–Kier alpha value is -2.82. The highest BCUT2D eigenvalue weighted by Gasteiger charge is 2.15. The maximum atomic E-state index is 13.5. The standard InChI is InChI=1S/C18H12F3NO/c19-14-7-8-15(18(21)17(14)20)22-16(23)10-11-5-6-12-3-1-2-4-13(12)9-11/h1-9H,10H2,(H,22,23). The number of carbonyl (C=O) groups excluding carboxylic acids is 1. The summed E-state index contributed by atoms with van der Waals surface area (Å²) < 4.78 is 39.5. The van der Waals surface area contributed by atoms with Gasteiger partial charge in [-0.3, -0.25) is 4.79 Å². The van der Waals surface area contributed by atoms with Gasteiger partial charge in [-0.1, -0.05) is 42.5 Å². The minimum atomic E-state index is -1.60. The summed E-state index contributed by atoms with van der Waals surface area (Å²) in [4.78, 5) is 12.0. The Morgan fingerprint density at radius 3 is 2.39 bits per heavy atom. The Balaban J connectivity index is 1.77. The van der Waals surface area contributed by atoms with E-state index in [0.717, 1.165) is 28.5 Å². The summed E-state index contributed by atoms with van der Waals surface area (Å²) in [7, 11) is 0. The predicted molar refractivity (Wildman–Crippen MR) is 82.6 cm³/mol. The summed E-state index contributed by atoms with van der Waals surface area (Å²) in [5.74, 6) is -4.81. The van der Waals surface area contributed by atoms with Crippen molar-refractivity contribution in [2.75, 3.05) is 5.32 Å². The smallest absolute Gasteiger partial charge is 0.228 e. The summed E-state index contributed by atoms with van der Waals surface area (Å²) in [5.41, 5.74) is 0.360. The van der Waals surface area contributed by atoms with Crippen LogP contribution in [0.15, 0.2) is 54.6 Å². The predicted octanol–water partition coefficient (Wildman–Crippen LogP) is 4.44. The van der Waals surface area contributed by atoms with Gasteiger partial charge in [0.15, 0.2) is 17.5 Å². The van der Waals surface area contributed by atoms with Crippen LogP contribution in [0.2, 0.25) is 0 Å². The van der Waals surface area contributed by atoms with Gasteiger partial charge in [0.1, 0.15) is 0 Å². The molecule has 0 aliphatic heterocycles. The van der Waals surface area contributed by atoms with Crippen LogP contribution in [-0.4, -0.2) is 5.91 Å². The first-order valence-electron chi connectivity index (χ1n) is 6.95. The average molecular weight is 315 g/mol. The number of rotatable bonds is 3. The van der Waals surface area contributed by atoms with Crippen LogP contribution in [0, 0.1) is 17.5 Å². The maximum absolute atomic E-state index is 13.5. The Morgan fingerprint density at radius 2 is 1.61 bits per heavy atom. The fourth-order valence-electron chi connectivity index (χ4n) is 2.35. The Bertz CT molecular complexity index is 893. The Labute approximate surface area is 130 Å². The zero-order chi connectivity index (χ0) is 16.4. The van der Waals surface area contributed by atoms with Gasteiger partial charge < -0.3 is 5.32 Å². The fraction of sp³-hybridized carbons (Fsp3) is 0.0556. The number of hydrogen-bond donors (Lipinski definition) is 1. The molecule has 3 rings (SSSR count). The van der Waals surface area contributed by atoms with Gasteiger partial charge in [0.25, 0.3) is 0 Å². The van der Waals surface area contributed by atoms with Crippen LogP contribution in [-0.2, 0) is 11.2 Å². The summed E-state index contributed by atoms with van der Waals surface area (Å²) in [6, 6.07) is 15.0. The van der Waals surface area contributed by atoms with Crippen molar-refractivity contribution in [3.63, 3.8) is 0 Å². The lowest BCUT2D eigenvalue weighted by molar-refractivity contribution is -0.115. The van der Waals surface area contributed by atoms with Gasteiger partial charge in [-0.15, -0.1) is 0 Å². The number of hydrogen-bond acceptors (Lipinski definition) is 1. The topological polar surface area (TPSA) is 29.1 Å². The molecule has 0 atom stereocenters. The molecule has 0 saturated carbocycles. The summed E-state index contributed by atoms with van der Waals surface area (Å²) in [5, 5.41) is 4.28. The molecular weight excluding hydrogens is 303 g/mol. The van der Waals surface area contributed by atoms with E-state index < -0.39 is 23.4 Å². The molecule has 3 aromatic carbocycles. The van der Waals surface area contributed by atoms with E-state index in [1.54, 1.807) is 6.07 Å². The SMILES string of the molecule is O=C(Cc1ccc2ccccc2c1)Nc1ccc(F)c(F)c1F. The van der Waals surface area contributed by atoms with Gasteiger partial charge in [0, 0.05) is 0 Å². The van der Waals surface area contributed by atoms with Crippen molar-refractivity contribution < 1.29 is 18.0 Å². The van der Waals surface area contributed by atoms with Crippen molar-refractivity contribution in [3.8, 4) is 0 Å². The highest BCUT2D eigenvalue weighted by Crippen LogP contribution is 2.20. The molecule has 0 bridgehead atoms. The molecule has 0 fully saturated rings. The van der Waals surface area contributed by atoms with E-state index in [9.17, 15) is 18.0 Å². The van der Waals surface area contributed by atoms with E-state index in [1.165, 1.54) is 0 Å². The van der Waals surface area contributed by atoms with Crippen molar-refractivity contribution in [1.82, 2.24) is 0 Å². The van der Waals surface area contributed by atoms with Crippen LogP contribution >= 0.6 is 0 Å². The van der Waals surface area contributed by atoms with Crippen LogP contribution in [0.1, 0.15) is 5.56 Å². The number of anilines is 1. The number of carbonyl (C=O) groups is 1. The second-order valence-electron chi connectivity index (χ2n) is 5.13. The van der Waals surface area contributed by atoms with Gasteiger partial charge in [0.2, 0.25) is 5.91 Å². The molecule has 0 spiro atoms. The quantitative estimate of drug-likeness (QED) is 0.711. The number of benzene rings is 3. The minimum Gasteiger partial charge on any atom is -0.323 e. The van der Waals surface area contributed by atoms with Gasteiger partial charge in [-0.05, 0) is 28.5 Å². The fourth-order valence-corrected chi connectivity index (χ4v) is 2.35. The molecule has 23 heavy (non-hydrogen) atoms. The van der Waals surface area contributed by atoms with Crippen molar-refractivity contribution >= 4 is 22.4 Å². The van der Waals surface area contributed by atoms with Crippen molar-refractivity contribution in [2.24, 2.45) is 0 Å². The molecule has 1 N–H and O–H groups in total. The summed E-state index contributed by atoms with van der Waals surface area (Å²) in [6.45, 7) is 0. The monoisotopic (exact) mass is 315 g/mol. The summed E-state index contributed by atoms with van der Waals surface area (Å²) >= 11 is 0. The van der Waals surface area contributed by atoms with Crippen LogP contribution in [0.25, 0.3) is 10.8 Å². The Morgan fingerprint density at radius 1 is 0.870 bits per heavy atom. The molecule has 1 amide bonds. The zero-order valence-corrected chi connectivity index (χ0v) is 11.9. The van der Waals surface area contributed by atoms with E-state index in [0.29, 0.717) is 0 Å². The normalized spacial score (nSPS) is 10.7. The van der Waals surface area contributed by atoms with Crippen molar-refractivity contribution in [2.45, 2.75) is 6.42 Å². The lowest BCUT2D eigenvalue weighted by Gasteiger charge is -2.08.